The van der Waals surface area contributed by atoms with Gasteiger partial charge < -0.3 is 29.0 Å². The summed E-state index contributed by atoms with van der Waals surface area (Å²) >= 11 is 27.8. The van der Waals surface area contributed by atoms with E-state index in [4.69, 9.17) is 81.7 Å². The fraction of sp³-hybridized carbons (Fsp3) is 0.118. The van der Waals surface area contributed by atoms with Crippen molar-refractivity contribution in [3.05, 3.63) is 121 Å². The van der Waals surface area contributed by atoms with E-state index in [0.29, 0.717) is 46.3 Å². The highest BCUT2D eigenvalue weighted by Crippen LogP contribution is 2.36. The van der Waals surface area contributed by atoms with Crippen molar-refractivity contribution in [2.24, 2.45) is 0 Å². The molecule has 0 unspecified atom stereocenters. The normalized spacial score (nSPS) is 11.9. The zero-order chi connectivity index (χ0) is 36.6. The Labute approximate surface area is 320 Å². The molecule has 5 heterocycles. The number of nitrogens with one attached hydrogen (secondary N) is 2. The lowest BCUT2D eigenvalue weighted by Gasteiger charge is -2.09. The summed E-state index contributed by atoms with van der Waals surface area (Å²) in [6.07, 6.45) is 0. The van der Waals surface area contributed by atoms with Crippen LogP contribution in [0.2, 0.25) is 26.0 Å². The van der Waals surface area contributed by atoms with Gasteiger partial charge in [0, 0.05) is 35.9 Å². The van der Waals surface area contributed by atoms with Gasteiger partial charge in [-0.3, -0.25) is 9.78 Å². The number of fused-ring (bicyclic) bond motifs is 2. The van der Waals surface area contributed by atoms with Crippen molar-refractivity contribution in [1.82, 2.24) is 29.9 Å². The predicted octanol–water partition coefficient (Wildman–Crippen LogP) is 8.40. The number of rotatable bonds is 6. The zero-order valence-corrected chi connectivity index (χ0v) is 30.5. The van der Waals surface area contributed by atoms with E-state index in [9.17, 15) is 4.79 Å². The number of methoxy groups -OCH3 is 1. The first kappa shape index (κ1) is 36.7. The molecule has 13 nitrogen and oxygen atoms in total. The molecule has 0 bridgehead atoms. The highest BCUT2D eigenvalue weighted by Gasteiger charge is 2.16. The van der Waals surface area contributed by atoms with Crippen molar-refractivity contribution in [2.75, 3.05) is 26.0 Å². The third-order valence-electron chi connectivity index (χ3n) is 6.98. The Morgan fingerprint density at radius 3 is 1.79 bits per heavy atom. The molecule has 2 aliphatic heterocycles. The third kappa shape index (κ3) is 9.84. The van der Waals surface area contributed by atoms with Crippen molar-refractivity contribution in [3.8, 4) is 51.3 Å². The lowest BCUT2D eigenvalue weighted by atomic mass is 10.1. The van der Waals surface area contributed by atoms with E-state index in [1.807, 2.05) is 60.7 Å². The Balaban J connectivity index is 0.000000152. The van der Waals surface area contributed by atoms with Crippen LogP contribution in [-0.2, 0) is 6.54 Å². The maximum atomic E-state index is 12.0. The van der Waals surface area contributed by atoms with Crippen LogP contribution in [-0.4, -0.2) is 50.6 Å². The first-order chi connectivity index (χ1) is 25.1. The third-order valence-corrected chi connectivity index (χ3v) is 7.90. The summed E-state index contributed by atoms with van der Waals surface area (Å²) in [6, 6.07) is 23.2. The second kappa shape index (κ2) is 17.0. The highest BCUT2D eigenvalue weighted by atomic mass is 35.5. The molecule has 3 aromatic heterocycles. The van der Waals surface area contributed by atoms with Crippen molar-refractivity contribution < 1.29 is 23.7 Å². The minimum absolute atomic E-state index is 0.0625. The zero-order valence-electron chi connectivity index (χ0n) is 26.7. The van der Waals surface area contributed by atoms with Crippen LogP contribution in [0.4, 0.5) is 5.95 Å². The van der Waals surface area contributed by atoms with Gasteiger partial charge >= 0.3 is 0 Å². The number of halogens is 5. The van der Waals surface area contributed by atoms with Gasteiger partial charge in [0.1, 0.15) is 21.2 Å². The Morgan fingerprint density at radius 2 is 1.21 bits per heavy atom. The Hall–Kier alpha value is -5.05. The molecule has 3 aromatic carbocycles. The van der Waals surface area contributed by atoms with E-state index >= 15 is 0 Å². The highest BCUT2D eigenvalue weighted by molar-refractivity contribution is 6.35. The van der Waals surface area contributed by atoms with Crippen molar-refractivity contribution >= 4 is 64.0 Å². The lowest BCUT2D eigenvalue weighted by Crippen LogP contribution is -2.12. The summed E-state index contributed by atoms with van der Waals surface area (Å²) in [6.45, 7) is 0.948. The molecule has 0 saturated heterocycles. The summed E-state index contributed by atoms with van der Waals surface area (Å²) in [5, 5.41) is 4.12. The van der Waals surface area contributed by atoms with Gasteiger partial charge in [0.25, 0.3) is 5.56 Å². The summed E-state index contributed by atoms with van der Waals surface area (Å²) in [7, 11) is 1.63. The Morgan fingerprint density at radius 1 is 0.654 bits per heavy atom. The number of aromatic nitrogens is 6. The van der Waals surface area contributed by atoms with E-state index in [1.165, 1.54) is 12.1 Å². The number of hydrogen-bond donors (Lipinski definition) is 2. The molecule has 6 aromatic rings. The number of anilines is 1. The van der Waals surface area contributed by atoms with Crippen LogP contribution in [0.3, 0.4) is 0 Å². The second-order valence-electron chi connectivity index (χ2n) is 10.4. The lowest BCUT2D eigenvalue weighted by molar-refractivity contribution is 0.173. The molecule has 2 N–H and O–H groups in total. The molecule has 0 amide bonds. The van der Waals surface area contributed by atoms with Gasteiger partial charge in [0.05, 0.1) is 18.5 Å². The molecule has 8 rings (SSSR count). The van der Waals surface area contributed by atoms with Gasteiger partial charge in [-0.2, -0.15) is 0 Å². The minimum atomic E-state index is -0.235. The number of hydrogen-bond acceptors (Lipinski definition) is 12. The van der Waals surface area contributed by atoms with Crippen LogP contribution in [0.15, 0.2) is 83.7 Å². The van der Waals surface area contributed by atoms with Crippen molar-refractivity contribution in [3.63, 3.8) is 0 Å². The fourth-order valence-electron chi connectivity index (χ4n) is 4.67. The average molecular weight is 804 g/mol. The first-order valence-electron chi connectivity index (χ1n) is 15.0. The first-order valence-corrected chi connectivity index (χ1v) is 16.8. The summed E-state index contributed by atoms with van der Waals surface area (Å²) in [5.74, 6) is 3.92. The van der Waals surface area contributed by atoms with E-state index in [2.05, 4.69) is 35.2 Å². The van der Waals surface area contributed by atoms with Crippen molar-refractivity contribution in [2.45, 2.75) is 6.54 Å². The van der Waals surface area contributed by atoms with E-state index < -0.39 is 0 Å². The van der Waals surface area contributed by atoms with E-state index in [1.54, 1.807) is 13.2 Å². The standard InChI is InChI=1S/C19H17N3O4.C11H6Cl2N2O2.C4HCl3N2/c1-24-14-4-2-3-12(7-14)10-20-19-21-15(9-18(23)22-19)13-5-6-16-17(8-13)26-11-25-16;12-10-4-7(14-11(13)15-10)6-1-2-8-9(3-6)17-5-16-8;5-2-1-3(6)9-4(7)8-2/h2-9H,10-11H2,1H3,(H2,20,21,22,23);1-4H,5H2;1H. The maximum absolute atomic E-state index is 12.0. The number of H-pyrrole nitrogens is 1. The van der Waals surface area contributed by atoms with Crippen LogP contribution in [0.25, 0.3) is 22.5 Å². The Kier molecular flexibility index (Phi) is 12.0. The van der Waals surface area contributed by atoms with Gasteiger partial charge in [-0.15, -0.1) is 0 Å². The van der Waals surface area contributed by atoms with Crippen molar-refractivity contribution in [1.29, 1.82) is 0 Å². The number of nitrogens with zero attached hydrogens (tertiary/aromatic N) is 5. The largest absolute Gasteiger partial charge is 0.497 e. The van der Waals surface area contributed by atoms with Crippen LogP contribution in [0.1, 0.15) is 5.56 Å². The van der Waals surface area contributed by atoms with E-state index in [0.717, 1.165) is 28.2 Å². The van der Waals surface area contributed by atoms with Crippen LogP contribution in [0.5, 0.6) is 28.7 Å². The average Bonchev–Trinajstić information content (AvgIpc) is 3.79. The molecule has 2 aliphatic rings. The fourth-order valence-corrected chi connectivity index (χ4v) is 5.77. The summed E-state index contributed by atoms with van der Waals surface area (Å²) in [5.41, 5.74) is 3.61. The van der Waals surface area contributed by atoms with Gasteiger partial charge in [0.15, 0.2) is 23.0 Å². The molecular formula is C34H24Cl5N7O6. The van der Waals surface area contributed by atoms with Crippen LogP contribution in [0, 0.1) is 0 Å². The molecule has 0 spiro atoms. The quantitative estimate of drug-likeness (QED) is 0.123. The summed E-state index contributed by atoms with van der Waals surface area (Å²) in [4.78, 5) is 34.3. The number of ether oxygens (including phenoxy) is 5. The van der Waals surface area contributed by atoms with Crippen LogP contribution < -0.4 is 34.6 Å². The van der Waals surface area contributed by atoms with Gasteiger partial charge in [-0.05, 0) is 77.3 Å². The molecule has 0 aliphatic carbocycles. The minimum Gasteiger partial charge on any atom is -0.497 e. The summed E-state index contributed by atoms with van der Waals surface area (Å²) < 4.78 is 26.4. The molecule has 266 valence electrons. The van der Waals surface area contributed by atoms with Crippen LogP contribution >= 0.6 is 58.0 Å². The molecule has 0 saturated carbocycles. The molecule has 18 heteroatoms. The van der Waals surface area contributed by atoms with E-state index in [-0.39, 0.29) is 40.0 Å². The second-order valence-corrected chi connectivity index (χ2v) is 12.3. The SMILES string of the molecule is COc1cccc(CNc2nc(-c3ccc4c(c3)OCO4)cc(=O)[nH]2)c1.Clc1cc(-c2ccc3c(c2)OCO3)nc(Cl)n1.Clc1cc(Cl)nc(Cl)n1. The van der Waals surface area contributed by atoms with Gasteiger partial charge in [-0.25, -0.2) is 24.9 Å². The smallest absolute Gasteiger partial charge is 0.252 e. The Bertz CT molecular complexity index is 2210. The monoisotopic (exact) mass is 801 g/mol. The molecule has 0 fully saturated rings. The number of benzene rings is 3. The predicted molar refractivity (Wildman–Crippen MR) is 197 cm³/mol. The molecule has 0 radical (unpaired) electrons. The molecule has 52 heavy (non-hydrogen) atoms. The molecule has 0 atom stereocenters. The van der Waals surface area contributed by atoms with Gasteiger partial charge in [0.2, 0.25) is 30.1 Å². The maximum Gasteiger partial charge on any atom is 0.252 e. The molecular weight excluding hydrogens is 780 g/mol. The van der Waals surface area contributed by atoms with Gasteiger partial charge in [-0.1, -0.05) is 46.9 Å². The number of aromatic amines is 1. The topological polar surface area (TPSA) is 155 Å².